The van der Waals surface area contributed by atoms with Crippen molar-refractivity contribution in [3.8, 4) is 0 Å². The van der Waals surface area contributed by atoms with Gasteiger partial charge in [-0.2, -0.15) is 0 Å². The van der Waals surface area contributed by atoms with Crippen LogP contribution in [0.25, 0.3) is 10.8 Å². The fourth-order valence-corrected chi connectivity index (χ4v) is 4.62. The maximum absolute atomic E-state index is 6.02. The number of benzene rings is 2. The summed E-state index contributed by atoms with van der Waals surface area (Å²) in [6.45, 7) is 0. The largest absolute Gasteiger partial charge is 0.376 e. The molecule has 1 unspecified atom stereocenters. The van der Waals surface area contributed by atoms with Gasteiger partial charge in [-0.15, -0.1) is 0 Å². The molecular weight excluding hydrogens is 391 g/mol. The summed E-state index contributed by atoms with van der Waals surface area (Å²) in [6.07, 6.45) is 4.58. The molecular formula is C17H17IN2S. The summed E-state index contributed by atoms with van der Waals surface area (Å²) in [6, 6.07) is 12.1. The van der Waals surface area contributed by atoms with Gasteiger partial charge in [-0.1, -0.05) is 24.3 Å². The normalized spacial score (nSPS) is 20.5. The molecule has 1 atom stereocenters. The standard InChI is InChI=1S/C17H17IN2S/c18-15-7-4-10-2-1-3-11-8-13(9-14(15)16(10)11)20(17(19)21)12-5-6-12/h1-4,7,12-13H,5-6,8-9H2,(H2,19,21). The van der Waals surface area contributed by atoms with Crippen molar-refractivity contribution >= 4 is 50.7 Å². The van der Waals surface area contributed by atoms with E-state index in [0.29, 0.717) is 17.2 Å². The molecule has 0 spiro atoms. The number of hydrogen-bond acceptors (Lipinski definition) is 1. The Labute approximate surface area is 143 Å². The Bertz CT molecular complexity index is 739. The zero-order valence-electron chi connectivity index (χ0n) is 11.7. The first kappa shape index (κ1) is 13.8. The monoisotopic (exact) mass is 408 g/mol. The third-order valence-electron chi connectivity index (χ3n) is 4.67. The van der Waals surface area contributed by atoms with Gasteiger partial charge in [0.2, 0.25) is 0 Å². The second kappa shape index (κ2) is 5.09. The van der Waals surface area contributed by atoms with Gasteiger partial charge in [-0.05, 0) is 88.5 Å². The van der Waals surface area contributed by atoms with Crippen molar-refractivity contribution in [2.24, 2.45) is 5.73 Å². The van der Waals surface area contributed by atoms with Crippen LogP contribution in [0.4, 0.5) is 0 Å². The highest BCUT2D eigenvalue weighted by molar-refractivity contribution is 14.1. The van der Waals surface area contributed by atoms with E-state index in [9.17, 15) is 0 Å². The quantitative estimate of drug-likeness (QED) is 0.608. The lowest BCUT2D eigenvalue weighted by Crippen LogP contribution is -2.48. The maximum atomic E-state index is 6.02. The van der Waals surface area contributed by atoms with Crippen LogP contribution in [0.5, 0.6) is 0 Å². The molecule has 108 valence electrons. The fraction of sp³-hybridized carbons (Fsp3) is 0.353. The van der Waals surface area contributed by atoms with Crippen molar-refractivity contribution < 1.29 is 0 Å². The molecule has 1 fully saturated rings. The van der Waals surface area contributed by atoms with Crippen molar-refractivity contribution in [1.82, 2.24) is 4.90 Å². The van der Waals surface area contributed by atoms with Crippen LogP contribution in [-0.2, 0) is 12.8 Å². The van der Waals surface area contributed by atoms with E-state index in [2.05, 4.69) is 57.8 Å². The molecule has 2 aromatic carbocycles. The molecule has 0 aliphatic heterocycles. The van der Waals surface area contributed by atoms with Crippen LogP contribution in [-0.4, -0.2) is 22.1 Å². The lowest BCUT2D eigenvalue weighted by Gasteiger charge is -2.36. The molecule has 4 rings (SSSR count). The smallest absolute Gasteiger partial charge is 0.166 e. The summed E-state index contributed by atoms with van der Waals surface area (Å²) in [5.74, 6) is 0. The SMILES string of the molecule is NC(=S)N(C1CC1)C1Cc2cccc3ccc(I)c(c23)C1. The van der Waals surface area contributed by atoms with E-state index in [-0.39, 0.29) is 0 Å². The van der Waals surface area contributed by atoms with Gasteiger partial charge in [-0.25, -0.2) is 0 Å². The number of halogens is 1. The van der Waals surface area contributed by atoms with Gasteiger partial charge in [0, 0.05) is 15.7 Å². The summed E-state index contributed by atoms with van der Waals surface area (Å²) < 4.78 is 1.36. The zero-order chi connectivity index (χ0) is 14.6. The van der Waals surface area contributed by atoms with Crippen LogP contribution in [0.2, 0.25) is 0 Å². The Morgan fingerprint density at radius 1 is 1.14 bits per heavy atom. The van der Waals surface area contributed by atoms with E-state index in [0.717, 1.165) is 12.8 Å². The molecule has 0 amide bonds. The van der Waals surface area contributed by atoms with Crippen LogP contribution < -0.4 is 5.73 Å². The summed E-state index contributed by atoms with van der Waals surface area (Å²) in [7, 11) is 0. The maximum Gasteiger partial charge on any atom is 0.166 e. The number of nitrogens with two attached hydrogens (primary N) is 1. The Hall–Kier alpha value is -0.880. The van der Waals surface area contributed by atoms with E-state index >= 15 is 0 Å². The van der Waals surface area contributed by atoms with Gasteiger partial charge in [0.25, 0.3) is 0 Å². The van der Waals surface area contributed by atoms with Gasteiger partial charge in [0.05, 0.1) is 0 Å². The molecule has 21 heavy (non-hydrogen) atoms. The minimum Gasteiger partial charge on any atom is -0.376 e. The topological polar surface area (TPSA) is 29.3 Å². The lowest BCUT2D eigenvalue weighted by atomic mass is 9.85. The van der Waals surface area contributed by atoms with Crippen molar-refractivity contribution in [3.05, 3.63) is 45.0 Å². The van der Waals surface area contributed by atoms with Crippen molar-refractivity contribution in [2.75, 3.05) is 0 Å². The Morgan fingerprint density at radius 3 is 2.67 bits per heavy atom. The molecule has 2 aromatic rings. The summed E-state index contributed by atoms with van der Waals surface area (Å²) in [4.78, 5) is 2.31. The third-order valence-corrected chi connectivity index (χ3v) is 5.89. The van der Waals surface area contributed by atoms with Gasteiger partial charge >= 0.3 is 0 Å². The summed E-state index contributed by atoms with van der Waals surface area (Å²) in [5.41, 5.74) is 8.94. The number of thiocarbonyl (C=S) groups is 1. The third kappa shape index (κ3) is 2.32. The predicted molar refractivity (Wildman–Crippen MR) is 99.5 cm³/mol. The minimum absolute atomic E-state index is 0.420. The average Bonchev–Trinajstić information content (AvgIpc) is 3.27. The molecule has 4 heteroatoms. The van der Waals surface area contributed by atoms with E-state index in [4.69, 9.17) is 18.0 Å². The van der Waals surface area contributed by atoms with Gasteiger partial charge in [0.1, 0.15) is 0 Å². The lowest BCUT2D eigenvalue weighted by molar-refractivity contribution is 0.296. The zero-order valence-corrected chi connectivity index (χ0v) is 14.7. The summed E-state index contributed by atoms with van der Waals surface area (Å²) in [5, 5.41) is 3.39. The van der Waals surface area contributed by atoms with E-state index in [1.807, 2.05) is 0 Å². The molecule has 0 bridgehead atoms. The Morgan fingerprint density at radius 2 is 1.95 bits per heavy atom. The molecule has 2 aliphatic rings. The highest BCUT2D eigenvalue weighted by Crippen LogP contribution is 2.37. The van der Waals surface area contributed by atoms with Gasteiger partial charge < -0.3 is 10.6 Å². The predicted octanol–water partition coefficient (Wildman–Crippen LogP) is 3.62. The molecule has 0 heterocycles. The molecule has 1 saturated carbocycles. The number of hydrogen-bond donors (Lipinski definition) is 1. The van der Waals surface area contributed by atoms with Crippen LogP contribution in [0.3, 0.4) is 0 Å². The molecule has 2 aliphatic carbocycles. The fourth-order valence-electron chi connectivity index (χ4n) is 3.65. The number of nitrogens with zero attached hydrogens (tertiary/aromatic N) is 1. The van der Waals surface area contributed by atoms with E-state index < -0.39 is 0 Å². The van der Waals surface area contributed by atoms with Crippen LogP contribution in [0.1, 0.15) is 24.0 Å². The highest BCUT2D eigenvalue weighted by atomic mass is 127. The Kier molecular flexibility index (Phi) is 3.34. The van der Waals surface area contributed by atoms with Crippen LogP contribution >= 0.6 is 34.8 Å². The Balaban J connectivity index is 1.81. The second-order valence-corrected chi connectivity index (χ2v) is 7.66. The van der Waals surface area contributed by atoms with Gasteiger partial charge in [-0.3, -0.25) is 0 Å². The van der Waals surface area contributed by atoms with E-state index in [1.54, 1.807) is 0 Å². The first-order valence-electron chi connectivity index (χ1n) is 7.42. The first-order chi connectivity index (χ1) is 10.1. The molecule has 2 nitrogen and oxygen atoms in total. The average molecular weight is 408 g/mol. The summed E-state index contributed by atoms with van der Waals surface area (Å²) >= 11 is 7.79. The second-order valence-electron chi connectivity index (χ2n) is 6.08. The van der Waals surface area contributed by atoms with E-state index in [1.165, 1.54) is 38.3 Å². The molecule has 0 radical (unpaired) electrons. The first-order valence-corrected chi connectivity index (χ1v) is 8.90. The molecule has 0 aromatic heterocycles. The van der Waals surface area contributed by atoms with Crippen molar-refractivity contribution in [3.63, 3.8) is 0 Å². The van der Waals surface area contributed by atoms with Crippen molar-refractivity contribution in [2.45, 2.75) is 37.8 Å². The van der Waals surface area contributed by atoms with Gasteiger partial charge in [0.15, 0.2) is 5.11 Å². The van der Waals surface area contributed by atoms with Crippen LogP contribution in [0, 0.1) is 3.57 Å². The molecule has 2 N–H and O–H groups in total. The molecule has 0 saturated heterocycles. The number of rotatable bonds is 2. The van der Waals surface area contributed by atoms with Crippen LogP contribution in [0.15, 0.2) is 30.3 Å². The highest BCUT2D eigenvalue weighted by Gasteiger charge is 2.37. The van der Waals surface area contributed by atoms with Crippen molar-refractivity contribution in [1.29, 1.82) is 0 Å². The minimum atomic E-state index is 0.420.